The van der Waals surface area contributed by atoms with Gasteiger partial charge in [-0.1, -0.05) is 37.1 Å². The normalized spacial score (nSPS) is 14.8. The number of halogens is 3. The molecule has 1 aliphatic carbocycles. The van der Waals surface area contributed by atoms with E-state index in [2.05, 4.69) is 15.5 Å². The molecule has 2 amide bonds. The zero-order valence-corrected chi connectivity index (χ0v) is 20.9. The first-order valence-corrected chi connectivity index (χ1v) is 12.0. The van der Waals surface area contributed by atoms with Crippen LogP contribution in [0.1, 0.15) is 67.2 Å². The van der Waals surface area contributed by atoms with E-state index in [0.29, 0.717) is 16.8 Å². The molecule has 0 saturated heterocycles. The van der Waals surface area contributed by atoms with Crippen LogP contribution in [0.2, 0.25) is 0 Å². The van der Waals surface area contributed by atoms with E-state index in [4.69, 9.17) is 11.5 Å². The number of hydrogen-bond acceptors (Lipinski definition) is 5. The summed E-state index contributed by atoms with van der Waals surface area (Å²) in [6.45, 7) is 2.12. The zero-order chi connectivity index (χ0) is 27.1. The van der Waals surface area contributed by atoms with Crippen molar-refractivity contribution in [3.05, 3.63) is 47.2 Å². The van der Waals surface area contributed by atoms with Crippen molar-refractivity contribution in [3.63, 3.8) is 0 Å². The maximum absolute atomic E-state index is 13.4. The van der Waals surface area contributed by atoms with E-state index in [1.165, 1.54) is 13.1 Å². The number of carbonyl (C=O) groups excluding carboxylic acids is 2. The summed E-state index contributed by atoms with van der Waals surface area (Å²) in [6.07, 6.45) is -0.498. The van der Waals surface area contributed by atoms with Crippen molar-refractivity contribution in [3.8, 4) is 11.3 Å². The average molecular weight is 518 g/mol. The first kappa shape index (κ1) is 26.2. The third kappa shape index (κ3) is 5.05. The Morgan fingerprint density at radius 1 is 1.11 bits per heavy atom. The lowest BCUT2D eigenvalue weighted by Gasteiger charge is -2.27. The lowest BCUT2D eigenvalue weighted by molar-refractivity contribution is -0.182. The van der Waals surface area contributed by atoms with Gasteiger partial charge >= 0.3 is 6.18 Å². The topological polar surface area (TPSA) is 134 Å². The smallest absolute Gasteiger partial charge is 0.383 e. The predicted octanol–water partition coefficient (Wildman–Crippen LogP) is 4.10. The van der Waals surface area contributed by atoms with Crippen LogP contribution in [0.5, 0.6) is 0 Å². The van der Waals surface area contributed by atoms with Gasteiger partial charge in [0.1, 0.15) is 22.5 Å². The highest BCUT2D eigenvalue weighted by atomic mass is 19.4. The fourth-order valence-corrected chi connectivity index (χ4v) is 4.73. The summed E-state index contributed by atoms with van der Waals surface area (Å²) in [5.74, 6) is -0.810. The number of alkyl halides is 3. The van der Waals surface area contributed by atoms with Crippen LogP contribution in [0.3, 0.4) is 0 Å². The molecule has 2 aromatic heterocycles. The summed E-state index contributed by atoms with van der Waals surface area (Å²) in [5, 5.41) is 11.2. The quantitative estimate of drug-likeness (QED) is 0.434. The summed E-state index contributed by atoms with van der Waals surface area (Å²) in [5.41, 5.74) is 11.5. The molecule has 0 aliphatic heterocycles. The van der Waals surface area contributed by atoms with Gasteiger partial charge in [-0.2, -0.15) is 23.4 Å². The molecule has 0 bridgehead atoms. The molecule has 3 aromatic rings. The van der Waals surface area contributed by atoms with Gasteiger partial charge in [-0.3, -0.25) is 14.3 Å². The van der Waals surface area contributed by atoms with Crippen molar-refractivity contribution in [1.82, 2.24) is 19.6 Å². The molecule has 1 saturated carbocycles. The molecule has 1 fully saturated rings. The molecule has 4 rings (SSSR count). The summed E-state index contributed by atoms with van der Waals surface area (Å²) < 4.78 is 43.1. The third-order valence-corrected chi connectivity index (χ3v) is 6.95. The Hall–Kier alpha value is -3.83. The maximum atomic E-state index is 13.4. The Labute approximate surface area is 212 Å². The predicted molar refractivity (Wildman–Crippen MR) is 133 cm³/mol. The molecule has 1 aromatic carbocycles. The first-order valence-electron chi connectivity index (χ1n) is 12.0. The SMILES string of the molecule is Cn1nc(NC(=O)Cc2ccc(-c3nn(C4CCCC4)c(N)c3C(N)=O)cc2)cc1C(C)(C)C(F)(F)F. The van der Waals surface area contributed by atoms with Crippen molar-refractivity contribution >= 4 is 23.5 Å². The number of nitrogens with two attached hydrogens (primary N) is 2. The Morgan fingerprint density at radius 3 is 2.30 bits per heavy atom. The number of anilines is 2. The van der Waals surface area contributed by atoms with Crippen LogP contribution in [0.4, 0.5) is 24.8 Å². The molecule has 0 radical (unpaired) electrons. The summed E-state index contributed by atoms with van der Waals surface area (Å²) in [6, 6.07) is 8.22. The first-order chi connectivity index (χ1) is 17.3. The van der Waals surface area contributed by atoms with Crippen molar-refractivity contribution < 1.29 is 22.8 Å². The molecular weight excluding hydrogens is 487 g/mol. The second-order valence-electron chi connectivity index (χ2n) is 9.94. The molecule has 12 heteroatoms. The summed E-state index contributed by atoms with van der Waals surface area (Å²) >= 11 is 0. The number of nitrogens with zero attached hydrogens (tertiary/aromatic N) is 4. The summed E-state index contributed by atoms with van der Waals surface area (Å²) in [4.78, 5) is 24.7. The highest BCUT2D eigenvalue weighted by Gasteiger charge is 2.50. The summed E-state index contributed by atoms with van der Waals surface area (Å²) in [7, 11) is 1.40. The number of primary amides is 1. The van der Waals surface area contributed by atoms with Crippen LogP contribution in [-0.4, -0.2) is 37.6 Å². The number of rotatable bonds is 7. The van der Waals surface area contributed by atoms with E-state index >= 15 is 0 Å². The monoisotopic (exact) mass is 517 g/mol. The van der Waals surface area contributed by atoms with Crippen LogP contribution in [-0.2, 0) is 23.7 Å². The van der Waals surface area contributed by atoms with Gasteiger partial charge in [-0.05, 0) is 32.3 Å². The Kier molecular flexibility index (Phi) is 6.78. The number of benzene rings is 1. The van der Waals surface area contributed by atoms with E-state index in [9.17, 15) is 22.8 Å². The minimum Gasteiger partial charge on any atom is -0.383 e. The molecule has 9 nitrogen and oxygen atoms in total. The lowest BCUT2D eigenvalue weighted by Crippen LogP contribution is -2.38. The van der Waals surface area contributed by atoms with Gasteiger partial charge in [0.2, 0.25) is 5.91 Å². The van der Waals surface area contributed by atoms with Crippen LogP contribution in [0, 0.1) is 0 Å². The third-order valence-electron chi connectivity index (χ3n) is 6.95. The van der Waals surface area contributed by atoms with Gasteiger partial charge in [0.05, 0.1) is 18.2 Å². The van der Waals surface area contributed by atoms with Gasteiger partial charge in [-0.25, -0.2) is 4.68 Å². The van der Waals surface area contributed by atoms with Crippen molar-refractivity contribution in [2.45, 2.75) is 63.6 Å². The fraction of sp³-hybridized carbons (Fsp3) is 0.440. The second kappa shape index (κ2) is 9.56. The van der Waals surface area contributed by atoms with Gasteiger partial charge in [0.15, 0.2) is 5.82 Å². The number of aromatic nitrogens is 4. The number of aryl methyl sites for hydroxylation is 1. The van der Waals surface area contributed by atoms with Crippen molar-refractivity contribution in [1.29, 1.82) is 0 Å². The van der Waals surface area contributed by atoms with Gasteiger partial charge in [0, 0.05) is 18.7 Å². The minimum atomic E-state index is -4.48. The van der Waals surface area contributed by atoms with Crippen LogP contribution < -0.4 is 16.8 Å². The van der Waals surface area contributed by atoms with Crippen molar-refractivity contribution in [2.75, 3.05) is 11.1 Å². The lowest BCUT2D eigenvalue weighted by atomic mass is 9.88. The molecular formula is C25H30F3N7O2. The number of hydrogen-bond donors (Lipinski definition) is 3. The van der Waals surface area contributed by atoms with E-state index in [0.717, 1.165) is 44.2 Å². The number of amides is 2. The average Bonchev–Trinajstić information content (AvgIpc) is 3.52. The van der Waals surface area contributed by atoms with E-state index in [1.54, 1.807) is 28.9 Å². The van der Waals surface area contributed by atoms with Crippen LogP contribution in [0.15, 0.2) is 30.3 Å². The molecule has 0 spiro atoms. The fourth-order valence-electron chi connectivity index (χ4n) is 4.73. The second-order valence-corrected chi connectivity index (χ2v) is 9.94. The van der Waals surface area contributed by atoms with Crippen LogP contribution in [0.25, 0.3) is 11.3 Å². The molecule has 5 N–H and O–H groups in total. The standard InChI is InChI=1S/C25H30F3N7O2/c1-24(2,25(26,27)28)17-13-18(32-34(17)3)31-19(36)12-14-8-10-15(11-9-14)21-20(23(30)37)22(29)35(33-21)16-6-4-5-7-16/h8-11,13,16H,4-7,12,29H2,1-3H3,(H2,30,37)(H,31,32,36). The Bertz CT molecular complexity index is 1320. The minimum absolute atomic E-state index is 0.0316. The number of nitrogen functional groups attached to an aromatic ring is 1. The van der Waals surface area contributed by atoms with E-state index in [1.807, 2.05) is 0 Å². The maximum Gasteiger partial charge on any atom is 0.399 e. The zero-order valence-electron chi connectivity index (χ0n) is 20.9. The Morgan fingerprint density at radius 2 is 1.73 bits per heavy atom. The molecule has 0 atom stereocenters. The highest BCUT2D eigenvalue weighted by Crippen LogP contribution is 2.41. The Balaban J connectivity index is 1.49. The van der Waals surface area contributed by atoms with Crippen LogP contribution >= 0.6 is 0 Å². The highest BCUT2D eigenvalue weighted by molar-refractivity contribution is 6.03. The molecule has 0 unspecified atom stereocenters. The van der Waals surface area contributed by atoms with E-state index in [-0.39, 0.29) is 35.4 Å². The number of nitrogens with one attached hydrogen (secondary N) is 1. The van der Waals surface area contributed by atoms with Gasteiger partial charge in [0.25, 0.3) is 5.91 Å². The largest absolute Gasteiger partial charge is 0.399 e. The molecule has 37 heavy (non-hydrogen) atoms. The van der Waals surface area contributed by atoms with Crippen molar-refractivity contribution in [2.24, 2.45) is 12.8 Å². The molecule has 1 aliphatic rings. The van der Waals surface area contributed by atoms with Gasteiger partial charge < -0.3 is 16.8 Å². The van der Waals surface area contributed by atoms with Gasteiger partial charge in [-0.15, -0.1) is 0 Å². The molecule has 2 heterocycles. The van der Waals surface area contributed by atoms with E-state index < -0.39 is 23.4 Å². The molecule has 198 valence electrons. The number of carbonyl (C=O) groups is 2.